The molecule has 25 heavy (non-hydrogen) atoms. The van der Waals surface area contributed by atoms with E-state index in [0.29, 0.717) is 10.0 Å². The smallest absolute Gasteiger partial charge is 0.242 e. The van der Waals surface area contributed by atoms with Crippen LogP contribution in [0.1, 0.15) is 18.1 Å². The molecule has 1 atom stereocenters. The van der Waals surface area contributed by atoms with Crippen LogP contribution in [-0.4, -0.2) is 29.8 Å². The van der Waals surface area contributed by atoms with E-state index in [-0.39, 0.29) is 24.8 Å². The van der Waals surface area contributed by atoms with Gasteiger partial charge in [0.25, 0.3) is 0 Å². The molecule has 0 aliphatic heterocycles. The first kappa shape index (κ1) is 19.3. The van der Waals surface area contributed by atoms with Crippen molar-refractivity contribution in [3.05, 3.63) is 69.7 Å². The molecule has 4 nitrogen and oxygen atoms in total. The van der Waals surface area contributed by atoms with Crippen LogP contribution in [0, 0.1) is 0 Å². The van der Waals surface area contributed by atoms with Gasteiger partial charge in [-0.25, -0.2) is 0 Å². The number of carbonyl (C=O) groups excluding carboxylic acids is 2. The normalized spacial score (nSPS) is 11.7. The van der Waals surface area contributed by atoms with E-state index in [4.69, 9.17) is 23.2 Å². The topological polar surface area (TPSA) is 49.4 Å². The molecule has 0 saturated carbocycles. The number of carbonyl (C=O) groups is 2. The van der Waals surface area contributed by atoms with Gasteiger partial charge in [-0.2, -0.15) is 0 Å². The number of benzene rings is 2. The summed E-state index contributed by atoms with van der Waals surface area (Å²) < 4.78 is 0. The van der Waals surface area contributed by atoms with E-state index < -0.39 is 6.04 Å². The number of likely N-dealkylation sites (N-methyl/N-ethyl adjacent to an activating group) is 1. The summed E-state index contributed by atoms with van der Waals surface area (Å²) in [6.45, 7) is 1.93. The predicted molar refractivity (Wildman–Crippen MR) is 101 cm³/mol. The molecular weight excluding hydrogens is 359 g/mol. The van der Waals surface area contributed by atoms with Crippen molar-refractivity contribution >= 4 is 35.0 Å². The molecule has 0 aliphatic rings. The van der Waals surface area contributed by atoms with Gasteiger partial charge in [0.05, 0.1) is 6.42 Å². The Morgan fingerprint density at radius 2 is 1.80 bits per heavy atom. The van der Waals surface area contributed by atoms with Crippen molar-refractivity contribution in [2.75, 3.05) is 7.05 Å². The predicted octanol–water partition coefficient (Wildman–Crippen LogP) is 3.70. The Labute approximate surface area is 157 Å². The Morgan fingerprint density at radius 3 is 2.40 bits per heavy atom. The minimum absolute atomic E-state index is 0.145. The highest BCUT2D eigenvalue weighted by molar-refractivity contribution is 6.35. The zero-order valence-electron chi connectivity index (χ0n) is 14.1. The highest BCUT2D eigenvalue weighted by atomic mass is 35.5. The van der Waals surface area contributed by atoms with Crippen molar-refractivity contribution in [1.29, 1.82) is 0 Å². The van der Waals surface area contributed by atoms with Crippen molar-refractivity contribution in [1.82, 2.24) is 10.2 Å². The maximum atomic E-state index is 12.8. The van der Waals surface area contributed by atoms with Gasteiger partial charge in [0.2, 0.25) is 11.8 Å². The van der Waals surface area contributed by atoms with E-state index in [2.05, 4.69) is 5.32 Å². The fourth-order valence-corrected chi connectivity index (χ4v) is 2.97. The third-order valence-electron chi connectivity index (χ3n) is 3.97. The largest absolute Gasteiger partial charge is 0.357 e. The molecule has 2 aromatic rings. The molecule has 2 amide bonds. The number of amides is 2. The van der Waals surface area contributed by atoms with Crippen molar-refractivity contribution in [2.45, 2.75) is 25.9 Å². The summed E-state index contributed by atoms with van der Waals surface area (Å²) >= 11 is 12.2. The van der Waals surface area contributed by atoms with Gasteiger partial charge in [-0.05, 0) is 30.2 Å². The summed E-state index contributed by atoms with van der Waals surface area (Å²) in [5, 5.41) is 3.58. The molecule has 0 bridgehead atoms. The number of halogens is 2. The van der Waals surface area contributed by atoms with Crippen LogP contribution in [0.25, 0.3) is 0 Å². The summed E-state index contributed by atoms with van der Waals surface area (Å²) in [7, 11) is 1.55. The van der Waals surface area contributed by atoms with Gasteiger partial charge in [-0.15, -0.1) is 0 Å². The zero-order valence-corrected chi connectivity index (χ0v) is 15.6. The van der Waals surface area contributed by atoms with Crippen molar-refractivity contribution in [3.63, 3.8) is 0 Å². The van der Waals surface area contributed by atoms with Gasteiger partial charge < -0.3 is 10.2 Å². The second-order valence-electron chi connectivity index (χ2n) is 5.71. The lowest BCUT2D eigenvalue weighted by atomic mass is 10.1. The van der Waals surface area contributed by atoms with Crippen LogP contribution < -0.4 is 5.32 Å². The summed E-state index contributed by atoms with van der Waals surface area (Å²) in [5.74, 6) is -0.375. The first-order valence-electron chi connectivity index (χ1n) is 7.91. The number of nitrogens with one attached hydrogen (secondary N) is 1. The van der Waals surface area contributed by atoms with Crippen LogP contribution in [0.3, 0.4) is 0 Å². The molecule has 0 heterocycles. The maximum absolute atomic E-state index is 12.8. The van der Waals surface area contributed by atoms with E-state index in [9.17, 15) is 9.59 Å². The maximum Gasteiger partial charge on any atom is 0.242 e. The first-order chi connectivity index (χ1) is 11.9. The van der Waals surface area contributed by atoms with Crippen molar-refractivity contribution in [3.8, 4) is 0 Å². The van der Waals surface area contributed by atoms with Gasteiger partial charge in [0.1, 0.15) is 6.04 Å². The summed E-state index contributed by atoms with van der Waals surface area (Å²) in [5.41, 5.74) is 1.63. The van der Waals surface area contributed by atoms with Gasteiger partial charge in [-0.3, -0.25) is 9.59 Å². The first-order valence-corrected chi connectivity index (χ1v) is 8.67. The molecule has 0 radical (unpaired) electrons. The van der Waals surface area contributed by atoms with Crippen molar-refractivity contribution in [2.24, 2.45) is 0 Å². The van der Waals surface area contributed by atoms with Crippen LogP contribution in [-0.2, 0) is 22.6 Å². The van der Waals surface area contributed by atoms with Gasteiger partial charge in [0.15, 0.2) is 0 Å². The molecule has 0 spiro atoms. The lowest BCUT2D eigenvalue weighted by Crippen LogP contribution is -2.47. The number of hydrogen-bond donors (Lipinski definition) is 1. The van der Waals surface area contributed by atoms with E-state index in [1.807, 2.05) is 30.3 Å². The molecule has 1 N–H and O–H groups in total. The Morgan fingerprint density at radius 1 is 1.12 bits per heavy atom. The Hall–Kier alpha value is -2.04. The second-order valence-corrected chi connectivity index (χ2v) is 6.55. The fraction of sp³-hybridized carbons (Fsp3) is 0.263. The third kappa shape index (κ3) is 5.21. The molecule has 132 valence electrons. The number of rotatable bonds is 6. The lowest BCUT2D eigenvalue weighted by Gasteiger charge is -2.29. The van der Waals surface area contributed by atoms with Crippen LogP contribution in [0.5, 0.6) is 0 Å². The van der Waals surface area contributed by atoms with Crippen LogP contribution in [0.2, 0.25) is 10.0 Å². The molecule has 2 aromatic carbocycles. The molecular formula is C19H20Cl2N2O2. The van der Waals surface area contributed by atoms with E-state index in [1.165, 1.54) is 4.90 Å². The van der Waals surface area contributed by atoms with Crippen LogP contribution >= 0.6 is 23.2 Å². The molecule has 0 saturated heterocycles. The number of hydrogen-bond acceptors (Lipinski definition) is 2. The lowest BCUT2D eigenvalue weighted by molar-refractivity contribution is -0.139. The Kier molecular flexibility index (Phi) is 6.85. The SMILES string of the molecule is CNC(=O)[C@@H](C)N(Cc1ccc(Cl)cc1Cl)C(=O)Cc1ccccc1. The van der Waals surface area contributed by atoms with E-state index in [1.54, 1.807) is 32.2 Å². The average Bonchev–Trinajstić information content (AvgIpc) is 2.60. The molecule has 6 heteroatoms. The Bertz CT molecular complexity index is 750. The standard InChI is InChI=1S/C19H20Cl2N2O2/c1-13(19(25)22-2)23(12-15-8-9-16(20)11-17(15)21)18(24)10-14-6-4-3-5-7-14/h3-9,11,13H,10,12H2,1-2H3,(H,22,25)/t13-/m1/s1. The van der Waals surface area contributed by atoms with Gasteiger partial charge >= 0.3 is 0 Å². The van der Waals surface area contributed by atoms with E-state index >= 15 is 0 Å². The number of nitrogens with zero attached hydrogens (tertiary/aromatic N) is 1. The van der Waals surface area contributed by atoms with Crippen molar-refractivity contribution < 1.29 is 9.59 Å². The highest BCUT2D eigenvalue weighted by Gasteiger charge is 2.26. The monoisotopic (exact) mass is 378 g/mol. The molecule has 2 rings (SSSR count). The summed E-state index contributed by atoms with van der Waals surface area (Å²) in [6, 6.07) is 13.9. The molecule has 0 unspecified atom stereocenters. The van der Waals surface area contributed by atoms with Gasteiger partial charge in [0, 0.05) is 23.6 Å². The van der Waals surface area contributed by atoms with Gasteiger partial charge in [-0.1, -0.05) is 59.6 Å². The fourth-order valence-electron chi connectivity index (χ4n) is 2.50. The van der Waals surface area contributed by atoms with E-state index in [0.717, 1.165) is 11.1 Å². The molecule has 0 fully saturated rings. The minimum atomic E-state index is -0.618. The quantitative estimate of drug-likeness (QED) is 0.832. The minimum Gasteiger partial charge on any atom is -0.357 e. The summed E-state index contributed by atoms with van der Waals surface area (Å²) in [6.07, 6.45) is 0.216. The summed E-state index contributed by atoms with van der Waals surface area (Å²) in [4.78, 5) is 26.4. The average molecular weight is 379 g/mol. The van der Waals surface area contributed by atoms with Crippen LogP contribution in [0.15, 0.2) is 48.5 Å². The highest BCUT2D eigenvalue weighted by Crippen LogP contribution is 2.23. The second kappa shape index (κ2) is 8.88. The third-order valence-corrected chi connectivity index (χ3v) is 4.55. The Balaban J connectivity index is 2.25. The zero-order chi connectivity index (χ0) is 18.4. The molecule has 0 aromatic heterocycles. The van der Waals surface area contributed by atoms with Crippen LogP contribution in [0.4, 0.5) is 0 Å². The molecule has 0 aliphatic carbocycles.